The lowest BCUT2D eigenvalue weighted by Crippen LogP contribution is -2.04. The first-order valence-corrected chi connectivity index (χ1v) is 21.7. The van der Waals surface area contributed by atoms with E-state index in [-0.39, 0.29) is 0 Å². The van der Waals surface area contributed by atoms with E-state index in [2.05, 4.69) is 211 Å². The van der Waals surface area contributed by atoms with Crippen LogP contribution in [0.4, 0.5) is 0 Å². The van der Waals surface area contributed by atoms with Crippen molar-refractivity contribution in [3.63, 3.8) is 0 Å². The second-order valence-corrected chi connectivity index (χ2v) is 16.7. The number of nitrogens with zero attached hydrogens (tertiary/aromatic N) is 4. The monoisotopic (exact) mass is 814 g/mol. The van der Waals surface area contributed by atoms with Crippen LogP contribution in [0.15, 0.2) is 211 Å². The van der Waals surface area contributed by atoms with Crippen molar-refractivity contribution in [2.45, 2.75) is 0 Å². The zero-order valence-electron chi connectivity index (χ0n) is 34.3. The fourth-order valence-electron chi connectivity index (χ4n) is 10.3. The van der Waals surface area contributed by atoms with Crippen molar-refractivity contribution in [3.05, 3.63) is 206 Å². The highest BCUT2D eigenvalue weighted by atomic mass is 16.3. The minimum Gasteiger partial charge on any atom is -0.454 e. The summed E-state index contributed by atoms with van der Waals surface area (Å²) in [5.41, 5.74) is 7.33. The molecule has 0 fully saturated rings. The van der Waals surface area contributed by atoms with E-state index in [1.807, 2.05) is 0 Å². The third kappa shape index (κ3) is 5.09. The van der Waals surface area contributed by atoms with Crippen LogP contribution in [0.5, 0.6) is 0 Å². The van der Waals surface area contributed by atoms with E-state index in [0.29, 0.717) is 17.5 Å². The van der Waals surface area contributed by atoms with Gasteiger partial charge in [0.1, 0.15) is 11.3 Å². The van der Waals surface area contributed by atoms with Crippen molar-refractivity contribution in [2.75, 3.05) is 0 Å². The van der Waals surface area contributed by atoms with E-state index in [9.17, 15) is 0 Å². The first kappa shape index (κ1) is 35.0. The van der Waals surface area contributed by atoms with Crippen LogP contribution in [-0.4, -0.2) is 19.5 Å². The minimum atomic E-state index is 0.555. The van der Waals surface area contributed by atoms with Gasteiger partial charge in [0.25, 0.3) is 0 Å². The molecule has 0 amide bonds. The Morgan fingerprint density at radius 2 is 0.891 bits per heavy atom. The number of benzene rings is 11. The van der Waals surface area contributed by atoms with Gasteiger partial charge in [-0.05, 0) is 96.3 Å². The topological polar surface area (TPSA) is 56.7 Å². The molecular weight excluding hydrogens is 781 g/mol. The molecule has 0 unspecified atom stereocenters. The molecule has 5 heteroatoms. The van der Waals surface area contributed by atoms with E-state index in [4.69, 9.17) is 19.4 Å². The summed E-state index contributed by atoms with van der Waals surface area (Å²) in [5.74, 6) is 1.76. The molecule has 5 nitrogen and oxygen atoms in total. The summed E-state index contributed by atoms with van der Waals surface area (Å²) in [4.78, 5) is 16.5. The van der Waals surface area contributed by atoms with Gasteiger partial charge in [0, 0.05) is 38.2 Å². The molecule has 0 aliphatic heterocycles. The number of hydrogen-bond donors (Lipinski definition) is 0. The van der Waals surface area contributed by atoms with Crippen molar-refractivity contribution >= 4 is 97.6 Å². The lowest BCUT2D eigenvalue weighted by molar-refractivity contribution is 0.667. The SMILES string of the molecule is c1ccc2cc3c(cc2c1)c1ccccc1n3-c1c(-c2nc(-c3cccc4ccccc34)nc(-c3cc4ccccc4c4ccccc34)n2)ccc2c1oc1ccc3ccccc3c12. The van der Waals surface area contributed by atoms with Crippen LogP contribution in [-0.2, 0) is 0 Å². The van der Waals surface area contributed by atoms with Crippen LogP contribution >= 0.6 is 0 Å². The van der Waals surface area contributed by atoms with Gasteiger partial charge in [-0.25, -0.2) is 15.0 Å². The molecule has 14 rings (SSSR count). The summed E-state index contributed by atoms with van der Waals surface area (Å²) in [6, 6.07) is 73.2. The van der Waals surface area contributed by atoms with Gasteiger partial charge in [0.05, 0.1) is 11.0 Å². The Bertz CT molecular complexity index is 4270. The van der Waals surface area contributed by atoms with Gasteiger partial charge in [-0.15, -0.1) is 0 Å². The molecule has 0 atom stereocenters. The Labute approximate surface area is 366 Å². The second kappa shape index (κ2) is 13.4. The highest BCUT2D eigenvalue weighted by Gasteiger charge is 2.26. The van der Waals surface area contributed by atoms with Crippen LogP contribution in [0.3, 0.4) is 0 Å². The summed E-state index contributed by atoms with van der Waals surface area (Å²) >= 11 is 0. The molecule has 3 heterocycles. The lowest BCUT2D eigenvalue weighted by atomic mass is 9.96. The molecule has 3 aromatic heterocycles. The predicted octanol–water partition coefficient (Wildman–Crippen LogP) is 15.6. The van der Waals surface area contributed by atoms with Crippen molar-refractivity contribution < 1.29 is 4.42 Å². The van der Waals surface area contributed by atoms with Crippen LogP contribution in [0.1, 0.15) is 0 Å². The predicted molar refractivity (Wildman–Crippen MR) is 265 cm³/mol. The fourth-order valence-corrected chi connectivity index (χ4v) is 10.3. The van der Waals surface area contributed by atoms with Gasteiger partial charge >= 0.3 is 0 Å². The van der Waals surface area contributed by atoms with Gasteiger partial charge in [-0.3, -0.25) is 0 Å². The summed E-state index contributed by atoms with van der Waals surface area (Å²) in [5, 5.41) is 15.8. The van der Waals surface area contributed by atoms with Crippen LogP contribution in [0.2, 0.25) is 0 Å². The lowest BCUT2D eigenvalue weighted by Gasteiger charge is -2.16. The normalized spacial score (nSPS) is 12.1. The molecule has 11 aromatic carbocycles. The Morgan fingerprint density at radius 1 is 0.312 bits per heavy atom. The molecule has 14 aromatic rings. The maximum absolute atomic E-state index is 7.16. The smallest absolute Gasteiger partial charge is 0.166 e. The largest absolute Gasteiger partial charge is 0.454 e. The number of hydrogen-bond acceptors (Lipinski definition) is 4. The van der Waals surface area contributed by atoms with Crippen LogP contribution in [0, 0.1) is 0 Å². The Kier molecular flexibility index (Phi) is 7.33. The standard InChI is InChI=1S/C59H34N4O/c1-2-17-38-34-52-49(32-37(38)16-1)45-25-11-12-27-51(45)63(52)55-48(30-29-47-54-42-22-8-4-15-36(42)28-31-53(54)64-56(47)55)58-60-57(46-26-13-19-35-14-3-6-20-40(35)46)61-59(62-58)50-33-39-18-5-7-21-41(39)43-23-9-10-24-44(43)50/h1-34H. The quantitative estimate of drug-likeness (QED) is 0.166. The van der Waals surface area contributed by atoms with Gasteiger partial charge in [-0.2, -0.15) is 0 Å². The third-order valence-electron chi connectivity index (χ3n) is 13.2. The fraction of sp³-hybridized carbons (Fsp3) is 0. The second-order valence-electron chi connectivity index (χ2n) is 16.7. The zero-order valence-corrected chi connectivity index (χ0v) is 34.3. The number of para-hydroxylation sites is 1. The first-order valence-electron chi connectivity index (χ1n) is 21.7. The number of furan rings is 1. The maximum Gasteiger partial charge on any atom is 0.166 e. The van der Waals surface area contributed by atoms with Gasteiger partial charge in [0.2, 0.25) is 0 Å². The first-order chi connectivity index (χ1) is 31.7. The van der Waals surface area contributed by atoms with Crippen molar-refractivity contribution in [2.24, 2.45) is 0 Å². The molecule has 0 aliphatic rings. The molecule has 64 heavy (non-hydrogen) atoms. The average molecular weight is 815 g/mol. The highest BCUT2D eigenvalue weighted by molar-refractivity contribution is 6.22. The van der Waals surface area contributed by atoms with Gasteiger partial charge in [-0.1, -0.05) is 164 Å². The molecule has 0 bridgehead atoms. The minimum absolute atomic E-state index is 0.555. The Balaban J connectivity index is 1.16. The summed E-state index contributed by atoms with van der Waals surface area (Å²) in [6.45, 7) is 0. The van der Waals surface area contributed by atoms with Crippen molar-refractivity contribution in [1.82, 2.24) is 19.5 Å². The zero-order chi connectivity index (χ0) is 41.9. The van der Waals surface area contributed by atoms with Gasteiger partial charge in [0.15, 0.2) is 23.1 Å². The molecule has 0 radical (unpaired) electrons. The average Bonchev–Trinajstić information content (AvgIpc) is 3.90. The van der Waals surface area contributed by atoms with E-state index in [1.54, 1.807) is 0 Å². The van der Waals surface area contributed by atoms with Crippen LogP contribution < -0.4 is 0 Å². The van der Waals surface area contributed by atoms with Crippen LogP contribution in [0.25, 0.3) is 137 Å². The molecular formula is C59H34N4O. The van der Waals surface area contributed by atoms with E-state index in [1.165, 1.54) is 10.8 Å². The Morgan fingerprint density at radius 3 is 1.69 bits per heavy atom. The maximum atomic E-state index is 7.16. The van der Waals surface area contributed by atoms with Crippen molar-refractivity contribution in [3.8, 4) is 39.9 Å². The summed E-state index contributed by atoms with van der Waals surface area (Å²) in [7, 11) is 0. The molecule has 0 saturated carbocycles. The number of aromatic nitrogens is 4. The third-order valence-corrected chi connectivity index (χ3v) is 13.2. The molecule has 0 spiro atoms. The Hall–Kier alpha value is -8.67. The number of rotatable bonds is 4. The molecule has 0 aliphatic carbocycles. The highest BCUT2D eigenvalue weighted by Crippen LogP contribution is 2.45. The van der Waals surface area contributed by atoms with E-state index < -0.39 is 0 Å². The molecule has 0 saturated heterocycles. The summed E-state index contributed by atoms with van der Waals surface area (Å²) in [6.07, 6.45) is 0. The molecule has 296 valence electrons. The van der Waals surface area contributed by atoms with Crippen molar-refractivity contribution in [1.29, 1.82) is 0 Å². The summed E-state index contributed by atoms with van der Waals surface area (Å²) < 4.78 is 9.54. The van der Waals surface area contributed by atoms with Gasteiger partial charge < -0.3 is 8.98 Å². The van der Waals surface area contributed by atoms with E-state index >= 15 is 0 Å². The molecule has 0 N–H and O–H groups in total. The van der Waals surface area contributed by atoms with E-state index in [0.717, 1.165) is 109 Å². The number of fused-ring (bicyclic) bond motifs is 13.